The predicted octanol–water partition coefficient (Wildman–Crippen LogP) is 5.73. The number of hydrogen-bond acceptors (Lipinski definition) is 5. The summed E-state index contributed by atoms with van der Waals surface area (Å²) in [6, 6.07) is 26.0. The molecule has 4 rings (SSSR count). The maximum absolute atomic E-state index is 4.88. The van der Waals surface area contributed by atoms with Crippen LogP contribution in [0.2, 0.25) is 0 Å². The summed E-state index contributed by atoms with van der Waals surface area (Å²) in [5.41, 5.74) is 4.25. The van der Waals surface area contributed by atoms with Gasteiger partial charge in [0.05, 0.1) is 0 Å². The molecule has 0 atom stereocenters. The maximum Gasteiger partial charge on any atom is 0.201 e. The van der Waals surface area contributed by atoms with E-state index in [0.717, 1.165) is 41.3 Å². The predicted molar refractivity (Wildman–Crippen MR) is 122 cm³/mol. The summed E-state index contributed by atoms with van der Waals surface area (Å²) in [5, 5.41) is 12.3. The van der Waals surface area contributed by atoms with Gasteiger partial charge in [-0.2, -0.15) is 0 Å². The second-order valence-corrected chi connectivity index (χ2v) is 7.58. The summed E-state index contributed by atoms with van der Waals surface area (Å²) >= 11 is 0. The molecule has 0 saturated carbocycles. The van der Waals surface area contributed by atoms with Crippen molar-refractivity contribution in [1.82, 2.24) is 20.2 Å². The molecule has 0 fully saturated rings. The Balaban J connectivity index is 1.72. The van der Waals surface area contributed by atoms with Crippen molar-refractivity contribution >= 4 is 5.82 Å². The number of nitrogens with one attached hydrogen (secondary N) is 1. The van der Waals surface area contributed by atoms with Crippen molar-refractivity contribution in [2.45, 2.75) is 20.3 Å². The van der Waals surface area contributed by atoms with Crippen molar-refractivity contribution in [1.29, 1.82) is 0 Å². The van der Waals surface area contributed by atoms with Gasteiger partial charge in [0.25, 0.3) is 0 Å². The molecule has 2 heterocycles. The lowest BCUT2D eigenvalue weighted by Gasteiger charge is -2.11. The molecule has 30 heavy (non-hydrogen) atoms. The second-order valence-electron chi connectivity index (χ2n) is 7.58. The van der Waals surface area contributed by atoms with E-state index in [9.17, 15) is 0 Å². The SMILES string of the molecule is CC(C)CCNc1cccc(-c2nnc(-c3ccccc3)c(-c3ccccc3)n2)n1. The standard InChI is InChI=1S/C25H25N5/c1-18(2)16-17-26-22-15-9-14-21(27-22)25-28-23(19-10-5-3-6-11-19)24(29-30-25)20-12-7-4-8-13-20/h3-15,18H,16-17H2,1-2H3,(H,26,27). The van der Waals surface area contributed by atoms with Crippen molar-refractivity contribution in [2.24, 2.45) is 5.92 Å². The third-order valence-corrected chi connectivity index (χ3v) is 4.79. The lowest BCUT2D eigenvalue weighted by Crippen LogP contribution is -2.07. The molecule has 0 aliphatic heterocycles. The monoisotopic (exact) mass is 395 g/mol. The fourth-order valence-electron chi connectivity index (χ4n) is 3.17. The number of anilines is 1. The molecule has 0 aliphatic carbocycles. The Morgan fingerprint density at radius 1 is 0.700 bits per heavy atom. The van der Waals surface area contributed by atoms with Gasteiger partial charge in [-0.3, -0.25) is 0 Å². The zero-order chi connectivity index (χ0) is 20.8. The van der Waals surface area contributed by atoms with Gasteiger partial charge in [0.15, 0.2) is 0 Å². The Morgan fingerprint density at radius 2 is 1.37 bits per heavy atom. The quantitative estimate of drug-likeness (QED) is 0.433. The molecule has 5 heteroatoms. The molecule has 0 amide bonds. The van der Waals surface area contributed by atoms with Gasteiger partial charge < -0.3 is 5.32 Å². The summed E-state index contributed by atoms with van der Waals surface area (Å²) < 4.78 is 0. The highest BCUT2D eigenvalue weighted by Gasteiger charge is 2.15. The minimum Gasteiger partial charge on any atom is -0.370 e. The molecule has 0 aliphatic rings. The number of aromatic nitrogens is 4. The van der Waals surface area contributed by atoms with Crippen LogP contribution in [-0.2, 0) is 0 Å². The van der Waals surface area contributed by atoms with E-state index in [-0.39, 0.29) is 0 Å². The van der Waals surface area contributed by atoms with E-state index in [1.807, 2.05) is 78.9 Å². The fourth-order valence-corrected chi connectivity index (χ4v) is 3.17. The molecule has 4 aromatic rings. The van der Waals surface area contributed by atoms with Gasteiger partial charge in [-0.1, -0.05) is 80.6 Å². The van der Waals surface area contributed by atoms with Crippen LogP contribution < -0.4 is 5.32 Å². The Kier molecular flexibility index (Phi) is 6.09. The summed E-state index contributed by atoms with van der Waals surface area (Å²) in [7, 11) is 0. The van der Waals surface area contributed by atoms with Crippen LogP contribution in [0.1, 0.15) is 20.3 Å². The molecule has 0 bridgehead atoms. The highest BCUT2D eigenvalue weighted by molar-refractivity contribution is 5.78. The van der Waals surface area contributed by atoms with E-state index in [1.165, 1.54) is 0 Å². The summed E-state index contributed by atoms with van der Waals surface area (Å²) in [6.45, 7) is 5.31. The van der Waals surface area contributed by atoms with Gasteiger partial charge in [-0.05, 0) is 24.5 Å². The molecule has 2 aromatic heterocycles. The van der Waals surface area contributed by atoms with Crippen molar-refractivity contribution in [3.63, 3.8) is 0 Å². The molecule has 150 valence electrons. The van der Waals surface area contributed by atoms with Gasteiger partial charge in [-0.15, -0.1) is 10.2 Å². The topological polar surface area (TPSA) is 63.6 Å². The van der Waals surface area contributed by atoms with Crippen molar-refractivity contribution in [3.8, 4) is 34.0 Å². The van der Waals surface area contributed by atoms with Gasteiger partial charge in [0.1, 0.15) is 22.9 Å². The van der Waals surface area contributed by atoms with E-state index in [1.54, 1.807) is 0 Å². The van der Waals surface area contributed by atoms with Gasteiger partial charge in [0.2, 0.25) is 5.82 Å². The average molecular weight is 396 g/mol. The highest BCUT2D eigenvalue weighted by Crippen LogP contribution is 2.29. The van der Waals surface area contributed by atoms with Crippen LogP contribution in [0, 0.1) is 5.92 Å². The van der Waals surface area contributed by atoms with E-state index >= 15 is 0 Å². The first kappa shape index (κ1) is 19.7. The number of rotatable bonds is 7. The molecule has 0 saturated heterocycles. The molecule has 0 spiro atoms. The maximum atomic E-state index is 4.88. The zero-order valence-electron chi connectivity index (χ0n) is 17.3. The third-order valence-electron chi connectivity index (χ3n) is 4.79. The van der Waals surface area contributed by atoms with Crippen molar-refractivity contribution < 1.29 is 0 Å². The molecule has 0 radical (unpaired) electrons. The first-order chi connectivity index (χ1) is 14.7. The molecule has 0 unspecified atom stereocenters. The van der Waals surface area contributed by atoms with Crippen LogP contribution >= 0.6 is 0 Å². The first-order valence-corrected chi connectivity index (χ1v) is 10.3. The molecular weight excluding hydrogens is 370 g/mol. The van der Waals surface area contributed by atoms with Crippen LogP contribution in [0.25, 0.3) is 34.0 Å². The first-order valence-electron chi connectivity index (χ1n) is 10.3. The van der Waals surface area contributed by atoms with Gasteiger partial charge >= 0.3 is 0 Å². The van der Waals surface area contributed by atoms with Crippen LogP contribution in [-0.4, -0.2) is 26.7 Å². The number of nitrogens with zero attached hydrogens (tertiary/aromatic N) is 4. The van der Waals surface area contributed by atoms with Crippen LogP contribution in [0.4, 0.5) is 5.82 Å². The Labute approximate surface area is 177 Å². The van der Waals surface area contributed by atoms with Crippen LogP contribution in [0.5, 0.6) is 0 Å². The van der Waals surface area contributed by atoms with Crippen molar-refractivity contribution in [2.75, 3.05) is 11.9 Å². The lowest BCUT2D eigenvalue weighted by molar-refractivity contribution is 0.606. The van der Waals surface area contributed by atoms with Gasteiger partial charge in [0, 0.05) is 17.7 Å². The fraction of sp³-hybridized carbons (Fsp3) is 0.200. The zero-order valence-corrected chi connectivity index (χ0v) is 17.3. The average Bonchev–Trinajstić information content (AvgIpc) is 2.80. The Morgan fingerprint density at radius 3 is 2.03 bits per heavy atom. The van der Waals surface area contributed by atoms with E-state index in [0.29, 0.717) is 17.4 Å². The number of pyridine rings is 1. The van der Waals surface area contributed by atoms with E-state index in [4.69, 9.17) is 9.97 Å². The smallest absolute Gasteiger partial charge is 0.201 e. The van der Waals surface area contributed by atoms with Gasteiger partial charge in [-0.25, -0.2) is 9.97 Å². The molecule has 1 N–H and O–H groups in total. The van der Waals surface area contributed by atoms with E-state index < -0.39 is 0 Å². The van der Waals surface area contributed by atoms with Crippen LogP contribution in [0.15, 0.2) is 78.9 Å². The third kappa shape index (κ3) is 4.69. The largest absolute Gasteiger partial charge is 0.370 e. The molecule has 5 nitrogen and oxygen atoms in total. The summed E-state index contributed by atoms with van der Waals surface area (Å²) in [6.07, 6.45) is 1.09. The number of hydrogen-bond donors (Lipinski definition) is 1. The Hall–Kier alpha value is -3.60. The molecule has 2 aromatic carbocycles. The highest BCUT2D eigenvalue weighted by atomic mass is 15.2. The second kappa shape index (κ2) is 9.27. The summed E-state index contributed by atoms with van der Waals surface area (Å²) in [5.74, 6) is 1.98. The summed E-state index contributed by atoms with van der Waals surface area (Å²) in [4.78, 5) is 9.58. The van der Waals surface area contributed by atoms with Crippen LogP contribution in [0.3, 0.4) is 0 Å². The minimum absolute atomic E-state index is 0.515. The minimum atomic E-state index is 0.515. The Bertz CT molecular complexity index is 1090. The van der Waals surface area contributed by atoms with E-state index in [2.05, 4.69) is 29.4 Å². The number of benzene rings is 2. The molecular formula is C25H25N5. The van der Waals surface area contributed by atoms with Crippen molar-refractivity contribution in [3.05, 3.63) is 78.9 Å². The lowest BCUT2D eigenvalue weighted by atomic mass is 10.0. The normalized spacial score (nSPS) is 10.9.